The molecule has 1 aliphatic rings. The number of hydrogen-bond acceptors (Lipinski definition) is 4. The number of halogens is 1. The lowest BCUT2D eigenvalue weighted by Crippen LogP contribution is -2.36. The van der Waals surface area contributed by atoms with Crippen molar-refractivity contribution >= 4 is 23.4 Å². The van der Waals surface area contributed by atoms with Crippen LogP contribution >= 0.6 is 11.6 Å². The fourth-order valence-corrected chi connectivity index (χ4v) is 3.68. The first-order valence-electron chi connectivity index (χ1n) is 9.13. The number of rotatable bonds is 7. The van der Waals surface area contributed by atoms with Crippen LogP contribution < -0.4 is 15.2 Å². The molecule has 0 radical (unpaired) electrons. The van der Waals surface area contributed by atoms with Crippen LogP contribution in [-0.4, -0.2) is 43.0 Å². The maximum absolute atomic E-state index is 13.1. The van der Waals surface area contributed by atoms with Crippen molar-refractivity contribution in [2.45, 2.75) is 25.3 Å². The van der Waals surface area contributed by atoms with Crippen LogP contribution in [0, 0.1) is 0 Å². The number of ether oxygens (including phenoxy) is 2. The summed E-state index contributed by atoms with van der Waals surface area (Å²) in [7, 11) is 1.48. The van der Waals surface area contributed by atoms with Crippen LogP contribution in [0.1, 0.15) is 28.8 Å². The molecule has 3 rings (SSSR count). The highest BCUT2D eigenvalue weighted by atomic mass is 35.5. The van der Waals surface area contributed by atoms with Crippen LogP contribution in [0.4, 0.5) is 0 Å². The Morgan fingerprint density at radius 1 is 1.21 bits per heavy atom. The number of methoxy groups -OCH3 is 1. The minimum Gasteiger partial charge on any atom is -0.493 e. The Morgan fingerprint density at radius 3 is 2.71 bits per heavy atom. The summed E-state index contributed by atoms with van der Waals surface area (Å²) in [6.07, 6.45) is 2.62. The van der Waals surface area contributed by atoms with E-state index < -0.39 is 5.91 Å². The molecule has 0 bridgehead atoms. The van der Waals surface area contributed by atoms with Gasteiger partial charge in [0.2, 0.25) is 0 Å². The van der Waals surface area contributed by atoms with Gasteiger partial charge in [-0.15, -0.1) is 0 Å². The second-order valence-corrected chi connectivity index (χ2v) is 7.12. The van der Waals surface area contributed by atoms with E-state index in [9.17, 15) is 9.59 Å². The third-order valence-corrected chi connectivity index (χ3v) is 5.20. The normalized spacial score (nSPS) is 16.1. The molecule has 1 unspecified atom stereocenters. The Kier molecular flexibility index (Phi) is 6.41. The zero-order valence-corrected chi connectivity index (χ0v) is 16.4. The summed E-state index contributed by atoms with van der Waals surface area (Å²) < 4.78 is 10.6. The molecule has 0 aliphatic carbocycles. The molecule has 1 aliphatic heterocycles. The molecule has 1 fully saturated rings. The zero-order valence-electron chi connectivity index (χ0n) is 15.7. The van der Waals surface area contributed by atoms with Gasteiger partial charge in [0.05, 0.1) is 7.11 Å². The predicted octanol–water partition coefficient (Wildman–Crippen LogP) is 3.06. The Morgan fingerprint density at radius 2 is 2.00 bits per heavy atom. The number of carbonyl (C=O) groups is 2. The van der Waals surface area contributed by atoms with Gasteiger partial charge in [-0.1, -0.05) is 29.8 Å². The number of likely N-dealkylation sites (tertiary alicyclic amines) is 1. The Balaban J connectivity index is 1.76. The van der Waals surface area contributed by atoms with Gasteiger partial charge in [-0.3, -0.25) is 9.59 Å². The average Bonchev–Trinajstić information content (AvgIpc) is 3.15. The van der Waals surface area contributed by atoms with Gasteiger partial charge in [-0.25, -0.2) is 0 Å². The third kappa shape index (κ3) is 4.57. The maximum atomic E-state index is 13.1. The summed E-state index contributed by atoms with van der Waals surface area (Å²) in [5.41, 5.74) is 6.66. The zero-order chi connectivity index (χ0) is 20.1. The maximum Gasteiger partial charge on any atom is 0.255 e. The van der Waals surface area contributed by atoms with Gasteiger partial charge in [0, 0.05) is 23.2 Å². The van der Waals surface area contributed by atoms with Crippen molar-refractivity contribution in [1.82, 2.24) is 4.90 Å². The van der Waals surface area contributed by atoms with Crippen LogP contribution in [0.15, 0.2) is 42.5 Å². The van der Waals surface area contributed by atoms with Crippen molar-refractivity contribution in [1.29, 1.82) is 0 Å². The summed E-state index contributed by atoms with van der Waals surface area (Å²) in [6, 6.07) is 12.7. The molecule has 28 heavy (non-hydrogen) atoms. The molecule has 1 heterocycles. The van der Waals surface area contributed by atoms with E-state index in [1.54, 1.807) is 18.2 Å². The summed E-state index contributed by atoms with van der Waals surface area (Å²) in [5, 5.41) is 0.722. The highest BCUT2D eigenvalue weighted by molar-refractivity contribution is 6.31. The van der Waals surface area contributed by atoms with Crippen molar-refractivity contribution < 1.29 is 19.1 Å². The van der Waals surface area contributed by atoms with Gasteiger partial charge >= 0.3 is 0 Å². The van der Waals surface area contributed by atoms with Gasteiger partial charge in [-0.05, 0) is 49.1 Å². The van der Waals surface area contributed by atoms with Crippen molar-refractivity contribution in [2.75, 3.05) is 20.3 Å². The van der Waals surface area contributed by atoms with E-state index in [1.807, 2.05) is 29.2 Å². The lowest BCUT2D eigenvalue weighted by molar-refractivity contribution is -0.119. The van der Waals surface area contributed by atoms with Crippen LogP contribution in [-0.2, 0) is 11.2 Å². The van der Waals surface area contributed by atoms with Gasteiger partial charge in [0.1, 0.15) is 0 Å². The van der Waals surface area contributed by atoms with Gasteiger partial charge in [0.15, 0.2) is 18.1 Å². The third-order valence-electron chi connectivity index (χ3n) is 4.83. The summed E-state index contributed by atoms with van der Waals surface area (Å²) in [6.45, 7) is 0.450. The molecule has 2 N–H and O–H groups in total. The van der Waals surface area contributed by atoms with Crippen molar-refractivity contribution in [2.24, 2.45) is 5.73 Å². The molecule has 2 amide bonds. The monoisotopic (exact) mass is 402 g/mol. The van der Waals surface area contributed by atoms with E-state index in [-0.39, 0.29) is 18.6 Å². The molecular weight excluding hydrogens is 380 g/mol. The fraction of sp³-hybridized carbons (Fsp3) is 0.333. The second-order valence-electron chi connectivity index (χ2n) is 6.71. The van der Waals surface area contributed by atoms with Crippen LogP contribution in [0.25, 0.3) is 0 Å². The number of benzene rings is 2. The van der Waals surface area contributed by atoms with E-state index >= 15 is 0 Å². The Labute approximate surface area is 169 Å². The lowest BCUT2D eigenvalue weighted by Gasteiger charge is -2.25. The lowest BCUT2D eigenvalue weighted by atomic mass is 10.0. The molecule has 2 aromatic carbocycles. The molecule has 1 saturated heterocycles. The minimum absolute atomic E-state index is 0.0608. The van der Waals surface area contributed by atoms with E-state index in [0.717, 1.165) is 29.8 Å². The topological polar surface area (TPSA) is 81.9 Å². The first-order chi connectivity index (χ1) is 13.5. The van der Waals surface area contributed by atoms with Crippen LogP contribution in [0.3, 0.4) is 0 Å². The van der Waals surface area contributed by atoms with Crippen molar-refractivity contribution in [3.05, 3.63) is 58.6 Å². The quantitative estimate of drug-likeness (QED) is 0.771. The number of primary amides is 1. The minimum atomic E-state index is -0.582. The van der Waals surface area contributed by atoms with E-state index in [0.29, 0.717) is 23.6 Å². The predicted molar refractivity (Wildman–Crippen MR) is 107 cm³/mol. The number of carbonyl (C=O) groups excluding carboxylic acids is 2. The molecule has 0 saturated carbocycles. The fourth-order valence-electron chi connectivity index (χ4n) is 3.47. The van der Waals surface area contributed by atoms with E-state index in [1.165, 1.54) is 7.11 Å². The molecule has 7 heteroatoms. The first-order valence-corrected chi connectivity index (χ1v) is 9.51. The standard InChI is InChI=1S/C21H23ClN2O4/c1-27-19-12-15(8-9-18(19)28-13-20(23)25)21(26)24-10-4-6-16(24)11-14-5-2-3-7-17(14)22/h2-3,5,7-9,12,16H,4,6,10-11,13H2,1H3,(H2,23,25). The second kappa shape index (κ2) is 8.97. The highest BCUT2D eigenvalue weighted by Crippen LogP contribution is 2.31. The van der Waals surface area contributed by atoms with Crippen LogP contribution in [0.2, 0.25) is 5.02 Å². The van der Waals surface area contributed by atoms with Crippen LogP contribution in [0.5, 0.6) is 11.5 Å². The average molecular weight is 403 g/mol. The Hall–Kier alpha value is -2.73. The van der Waals surface area contributed by atoms with E-state index in [2.05, 4.69) is 0 Å². The van der Waals surface area contributed by atoms with Crippen molar-refractivity contribution in [3.8, 4) is 11.5 Å². The van der Waals surface area contributed by atoms with Gasteiger partial charge in [0.25, 0.3) is 11.8 Å². The smallest absolute Gasteiger partial charge is 0.255 e. The molecular formula is C21H23ClN2O4. The number of hydrogen-bond donors (Lipinski definition) is 1. The highest BCUT2D eigenvalue weighted by Gasteiger charge is 2.30. The SMILES string of the molecule is COc1cc(C(=O)N2CCCC2Cc2ccccc2Cl)ccc1OCC(N)=O. The number of nitrogens with zero attached hydrogens (tertiary/aromatic N) is 1. The summed E-state index contributed by atoms with van der Waals surface area (Å²) >= 11 is 6.29. The first kappa shape index (κ1) is 20.0. The molecule has 6 nitrogen and oxygen atoms in total. The largest absolute Gasteiger partial charge is 0.493 e. The molecule has 2 aromatic rings. The molecule has 0 spiro atoms. The van der Waals surface area contributed by atoms with E-state index in [4.69, 9.17) is 26.8 Å². The molecule has 148 valence electrons. The molecule has 1 atom stereocenters. The summed E-state index contributed by atoms with van der Waals surface area (Å²) in [4.78, 5) is 25.9. The number of amides is 2. The summed E-state index contributed by atoms with van der Waals surface area (Å²) in [5.74, 6) is 0.108. The van der Waals surface area contributed by atoms with Gasteiger partial charge < -0.3 is 20.1 Å². The number of nitrogens with two attached hydrogens (primary N) is 1. The van der Waals surface area contributed by atoms with Gasteiger partial charge in [-0.2, -0.15) is 0 Å². The molecule has 0 aromatic heterocycles. The van der Waals surface area contributed by atoms with Crippen molar-refractivity contribution in [3.63, 3.8) is 0 Å². The Bertz CT molecular complexity index is 871.